The molecule has 118 valence electrons. The van der Waals surface area contributed by atoms with E-state index in [2.05, 4.69) is 5.32 Å². The van der Waals surface area contributed by atoms with Crippen molar-refractivity contribution in [2.45, 2.75) is 18.7 Å². The number of ether oxygens (including phenoxy) is 1. The zero-order valence-corrected chi connectivity index (χ0v) is 13.9. The van der Waals surface area contributed by atoms with E-state index in [-0.39, 0.29) is 0 Å². The molecule has 0 aromatic heterocycles. The van der Waals surface area contributed by atoms with Gasteiger partial charge in [0.25, 0.3) is 0 Å². The molecule has 0 radical (unpaired) electrons. The van der Waals surface area contributed by atoms with Gasteiger partial charge in [0.2, 0.25) is 0 Å². The number of aryl methyl sites for hydroxylation is 2. The van der Waals surface area contributed by atoms with Gasteiger partial charge in [0.1, 0.15) is 12.4 Å². The van der Waals surface area contributed by atoms with Gasteiger partial charge in [0.05, 0.1) is 10.6 Å². The zero-order chi connectivity index (χ0) is 16.2. The minimum atomic E-state index is -3.24. The van der Waals surface area contributed by atoms with Crippen LogP contribution in [0.4, 0.5) is 5.69 Å². The first-order valence-corrected chi connectivity index (χ1v) is 9.00. The number of rotatable bonds is 6. The largest absolute Gasteiger partial charge is 0.491 e. The van der Waals surface area contributed by atoms with E-state index in [1.807, 2.05) is 38.1 Å². The molecule has 2 aromatic rings. The normalized spacial score (nSPS) is 11.2. The maximum absolute atomic E-state index is 11.7. The van der Waals surface area contributed by atoms with E-state index in [1.165, 1.54) is 6.26 Å². The minimum Gasteiger partial charge on any atom is -0.491 e. The average molecular weight is 319 g/mol. The van der Waals surface area contributed by atoms with Gasteiger partial charge in [-0.2, -0.15) is 0 Å². The second-order valence-corrected chi connectivity index (χ2v) is 7.25. The second kappa shape index (κ2) is 6.83. The zero-order valence-electron chi connectivity index (χ0n) is 13.1. The summed E-state index contributed by atoms with van der Waals surface area (Å²) >= 11 is 0. The van der Waals surface area contributed by atoms with E-state index in [4.69, 9.17) is 4.74 Å². The molecular formula is C17H21NO3S. The Morgan fingerprint density at radius 2 is 1.64 bits per heavy atom. The molecule has 0 bridgehead atoms. The standard InChI is InChI=1S/C17H21NO3S/c1-13-7-6-8-14(2)17(13)21-12-11-18-15-9-4-5-10-16(15)22(3,19)20/h4-10,18H,11-12H2,1-3H3. The molecule has 0 saturated carbocycles. The molecule has 2 rings (SSSR count). The predicted octanol–water partition coefficient (Wildman–Crippen LogP) is 3.20. The number of benzene rings is 2. The second-order valence-electron chi connectivity index (χ2n) is 5.26. The van der Waals surface area contributed by atoms with Crippen LogP contribution >= 0.6 is 0 Å². The van der Waals surface area contributed by atoms with Crippen molar-refractivity contribution in [3.63, 3.8) is 0 Å². The number of para-hydroxylation sites is 2. The van der Waals surface area contributed by atoms with E-state index in [0.717, 1.165) is 16.9 Å². The van der Waals surface area contributed by atoms with Crippen LogP contribution in [0.25, 0.3) is 0 Å². The Hall–Kier alpha value is -2.01. The predicted molar refractivity (Wildman–Crippen MR) is 89.5 cm³/mol. The molecule has 0 aliphatic carbocycles. The lowest BCUT2D eigenvalue weighted by atomic mass is 10.1. The summed E-state index contributed by atoms with van der Waals surface area (Å²) in [5, 5.41) is 3.12. The molecule has 0 heterocycles. The van der Waals surface area contributed by atoms with Crippen molar-refractivity contribution in [3.05, 3.63) is 53.6 Å². The molecule has 0 spiro atoms. The van der Waals surface area contributed by atoms with E-state index < -0.39 is 9.84 Å². The van der Waals surface area contributed by atoms with Crippen LogP contribution in [0.5, 0.6) is 5.75 Å². The molecule has 4 nitrogen and oxygen atoms in total. The van der Waals surface area contributed by atoms with Crippen LogP contribution in [0.2, 0.25) is 0 Å². The summed E-state index contributed by atoms with van der Waals surface area (Å²) in [7, 11) is -3.24. The molecule has 2 aromatic carbocycles. The quantitative estimate of drug-likeness (QED) is 0.831. The van der Waals surface area contributed by atoms with Gasteiger partial charge in [-0.3, -0.25) is 0 Å². The van der Waals surface area contributed by atoms with E-state index >= 15 is 0 Å². The molecule has 0 aliphatic heterocycles. The minimum absolute atomic E-state index is 0.307. The lowest BCUT2D eigenvalue weighted by Crippen LogP contribution is -2.14. The first-order valence-electron chi connectivity index (χ1n) is 7.11. The maximum atomic E-state index is 11.7. The van der Waals surface area contributed by atoms with E-state index in [0.29, 0.717) is 23.7 Å². The Bertz CT molecular complexity index is 734. The monoisotopic (exact) mass is 319 g/mol. The summed E-state index contributed by atoms with van der Waals surface area (Å²) in [4.78, 5) is 0.307. The van der Waals surface area contributed by atoms with Crippen LogP contribution in [-0.2, 0) is 9.84 Å². The van der Waals surface area contributed by atoms with Crippen molar-refractivity contribution in [2.75, 3.05) is 24.7 Å². The van der Waals surface area contributed by atoms with Gasteiger partial charge >= 0.3 is 0 Å². The summed E-state index contributed by atoms with van der Waals surface area (Å²) in [6.07, 6.45) is 1.21. The third-order valence-corrected chi connectivity index (χ3v) is 4.51. The lowest BCUT2D eigenvalue weighted by Gasteiger charge is -2.14. The molecular weight excluding hydrogens is 298 g/mol. The molecule has 1 N–H and O–H groups in total. The Morgan fingerprint density at radius 3 is 2.27 bits per heavy atom. The van der Waals surface area contributed by atoms with Crippen LogP contribution in [-0.4, -0.2) is 27.8 Å². The van der Waals surface area contributed by atoms with Gasteiger partial charge < -0.3 is 10.1 Å². The van der Waals surface area contributed by atoms with Gasteiger partial charge in [-0.25, -0.2) is 8.42 Å². The van der Waals surface area contributed by atoms with Gasteiger partial charge in [0, 0.05) is 12.8 Å². The molecule has 0 atom stereocenters. The van der Waals surface area contributed by atoms with E-state index in [9.17, 15) is 8.42 Å². The number of hydrogen-bond acceptors (Lipinski definition) is 4. The van der Waals surface area contributed by atoms with Gasteiger partial charge in [-0.05, 0) is 37.1 Å². The Morgan fingerprint density at radius 1 is 1.00 bits per heavy atom. The lowest BCUT2D eigenvalue weighted by molar-refractivity contribution is 0.328. The number of anilines is 1. The Kier molecular flexibility index (Phi) is 5.08. The summed E-state index contributed by atoms with van der Waals surface area (Å²) in [6, 6.07) is 12.9. The van der Waals surface area contributed by atoms with E-state index in [1.54, 1.807) is 18.2 Å². The molecule has 0 aliphatic rings. The van der Waals surface area contributed by atoms with Crippen molar-refractivity contribution >= 4 is 15.5 Å². The highest BCUT2D eigenvalue weighted by molar-refractivity contribution is 7.90. The summed E-state index contributed by atoms with van der Waals surface area (Å²) in [5.74, 6) is 0.890. The topological polar surface area (TPSA) is 55.4 Å². The molecule has 22 heavy (non-hydrogen) atoms. The van der Waals surface area contributed by atoms with Gasteiger partial charge in [0.15, 0.2) is 9.84 Å². The Labute approximate surface area is 132 Å². The highest BCUT2D eigenvalue weighted by Crippen LogP contribution is 2.23. The molecule has 0 saturated heterocycles. The number of sulfone groups is 1. The summed E-state index contributed by atoms with van der Waals surface area (Å²) in [5.41, 5.74) is 2.79. The van der Waals surface area contributed by atoms with Crippen LogP contribution in [0.3, 0.4) is 0 Å². The van der Waals surface area contributed by atoms with Crippen molar-refractivity contribution < 1.29 is 13.2 Å². The molecule has 0 unspecified atom stereocenters. The van der Waals surface area contributed by atoms with Crippen LogP contribution in [0.15, 0.2) is 47.4 Å². The van der Waals surface area contributed by atoms with Crippen molar-refractivity contribution in [1.82, 2.24) is 0 Å². The number of nitrogens with one attached hydrogen (secondary N) is 1. The average Bonchev–Trinajstić information content (AvgIpc) is 2.45. The third-order valence-electron chi connectivity index (χ3n) is 3.36. The Balaban J connectivity index is 1.98. The molecule has 0 fully saturated rings. The maximum Gasteiger partial charge on any atom is 0.177 e. The first-order chi connectivity index (χ1) is 10.4. The molecule has 0 amide bonds. The first kappa shape index (κ1) is 16.4. The van der Waals surface area contributed by atoms with Crippen molar-refractivity contribution in [2.24, 2.45) is 0 Å². The van der Waals surface area contributed by atoms with Crippen LogP contribution in [0, 0.1) is 13.8 Å². The fourth-order valence-electron chi connectivity index (χ4n) is 2.30. The van der Waals surface area contributed by atoms with Crippen LogP contribution in [0.1, 0.15) is 11.1 Å². The van der Waals surface area contributed by atoms with Crippen molar-refractivity contribution in [3.8, 4) is 5.75 Å². The van der Waals surface area contributed by atoms with Crippen LogP contribution < -0.4 is 10.1 Å². The SMILES string of the molecule is Cc1cccc(C)c1OCCNc1ccccc1S(C)(=O)=O. The highest BCUT2D eigenvalue weighted by atomic mass is 32.2. The number of hydrogen-bond donors (Lipinski definition) is 1. The smallest absolute Gasteiger partial charge is 0.177 e. The van der Waals surface area contributed by atoms with Gasteiger partial charge in [-0.1, -0.05) is 30.3 Å². The fraction of sp³-hybridized carbons (Fsp3) is 0.294. The molecule has 5 heteroatoms. The van der Waals surface area contributed by atoms with Crippen molar-refractivity contribution in [1.29, 1.82) is 0 Å². The summed E-state index contributed by atoms with van der Waals surface area (Å²) in [6.45, 7) is 5.01. The fourth-order valence-corrected chi connectivity index (χ4v) is 3.17. The van der Waals surface area contributed by atoms with Gasteiger partial charge in [-0.15, -0.1) is 0 Å². The summed E-state index contributed by atoms with van der Waals surface area (Å²) < 4.78 is 29.3. The third kappa shape index (κ3) is 4.01. The highest BCUT2D eigenvalue weighted by Gasteiger charge is 2.12.